The van der Waals surface area contributed by atoms with Crippen molar-refractivity contribution in [2.24, 2.45) is 0 Å². The molecule has 2 aromatic rings. The van der Waals surface area contributed by atoms with Gasteiger partial charge in [-0.3, -0.25) is 0 Å². The van der Waals surface area contributed by atoms with E-state index in [-0.39, 0.29) is 5.56 Å². The third-order valence-electron chi connectivity index (χ3n) is 2.28. The lowest BCUT2D eigenvalue weighted by molar-refractivity contribution is 0.585. The average molecular weight is 235 g/mol. The molecule has 5 heteroatoms. The van der Waals surface area contributed by atoms with Crippen LogP contribution in [0.25, 0.3) is 11.3 Å². The summed E-state index contributed by atoms with van der Waals surface area (Å²) in [6.45, 7) is 1.79. The molecule has 17 heavy (non-hydrogen) atoms. The molecular weight excluding hydrogens is 224 g/mol. The SMILES string of the molecule is CNc1nc(C)cc(-c2ccc(F)cc2F)n1. The Labute approximate surface area is 97.5 Å². The quantitative estimate of drug-likeness (QED) is 0.869. The molecule has 0 spiro atoms. The molecule has 0 aliphatic carbocycles. The van der Waals surface area contributed by atoms with E-state index >= 15 is 0 Å². The van der Waals surface area contributed by atoms with Crippen molar-refractivity contribution in [1.29, 1.82) is 0 Å². The lowest BCUT2D eigenvalue weighted by Crippen LogP contribution is -2.00. The van der Waals surface area contributed by atoms with Crippen molar-refractivity contribution in [2.75, 3.05) is 12.4 Å². The molecule has 0 atom stereocenters. The van der Waals surface area contributed by atoms with Crippen LogP contribution in [0.3, 0.4) is 0 Å². The Kier molecular flexibility index (Phi) is 2.99. The Morgan fingerprint density at radius 1 is 1.12 bits per heavy atom. The molecular formula is C12H11F2N3. The average Bonchev–Trinajstić information content (AvgIpc) is 2.28. The summed E-state index contributed by atoms with van der Waals surface area (Å²) in [4.78, 5) is 8.23. The fourth-order valence-corrected chi connectivity index (χ4v) is 1.52. The van der Waals surface area contributed by atoms with Gasteiger partial charge >= 0.3 is 0 Å². The maximum absolute atomic E-state index is 13.6. The molecule has 2 rings (SSSR count). The minimum Gasteiger partial charge on any atom is -0.357 e. The van der Waals surface area contributed by atoms with Gasteiger partial charge in [-0.2, -0.15) is 0 Å². The lowest BCUT2D eigenvalue weighted by atomic mass is 10.1. The number of benzene rings is 1. The second-order valence-corrected chi connectivity index (χ2v) is 3.59. The van der Waals surface area contributed by atoms with Gasteiger partial charge in [-0.15, -0.1) is 0 Å². The van der Waals surface area contributed by atoms with Crippen LogP contribution in [0, 0.1) is 18.6 Å². The Balaban J connectivity index is 2.55. The van der Waals surface area contributed by atoms with E-state index in [9.17, 15) is 8.78 Å². The molecule has 88 valence electrons. The molecule has 0 bridgehead atoms. The summed E-state index contributed by atoms with van der Waals surface area (Å²) in [6, 6.07) is 5.06. The minimum atomic E-state index is -0.634. The summed E-state index contributed by atoms with van der Waals surface area (Å²) >= 11 is 0. The number of anilines is 1. The fourth-order valence-electron chi connectivity index (χ4n) is 1.52. The van der Waals surface area contributed by atoms with Gasteiger partial charge in [0, 0.05) is 24.4 Å². The Morgan fingerprint density at radius 3 is 2.53 bits per heavy atom. The van der Waals surface area contributed by atoms with Gasteiger partial charge in [0.1, 0.15) is 11.6 Å². The van der Waals surface area contributed by atoms with Crippen LogP contribution in [0.2, 0.25) is 0 Å². The molecule has 3 nitrogen and oxygen atoms in total. The first kappa shape index (κ1) is 11.4. The highest BCUT2D eigenvalue weighted by Gasteiger charge is 2.09. The summed E-state index contributed by atoms with van der Waals surface area (Å²) in [5.74, 6) is -0.834. The number of aryl methyl sites for hydroxylation is 1. The molecule has 0 fully saturated rings. The third-order valence-corrected chi connectivity index (χ3v) is 2.28. The lowest BCUT2D eigenvalue weighted by Gasteiger charge is -2.06. The second kappa shape index (κ2) is 4.45. The molecule has 1 heterocycles. The Morgan fingerprint density at radius 2 is 1.88 bits per heavy atom. The normalized spacial score (nSPS) is 10.4. The van der Waals surface area contributed by atoms with Crippen LogP contribution in [0.5, 0.6) is 0 Å². The number of hydrogen-bond acceptors (Lipinski definition) is 3. The summed E-state index contributed by atoms with van der Waals surface area (Å²) in [5, 5.41) is 2.79. The zero-order valence-electron chi connectivity index (χ0n) is 9.46. The van der Waals surface area contributed by atoms with Crippen molar-refractivity contribution in [2.45, 2.75) is 6.92 Å². The number of nitrogens with one attached hydrogen (secondary N) is 1. The smallest absolute Gasteiger partial charge is 0.223 e. The van der Waals surface area contributed by atoms with Gasteiger partial charge in [-0.25, -0.2) is 18.7 Å². The Bertz CT molecular complexity index is 555. The zero-order chi connectivity index (χ0) is 12.4. The summed E-state index contributed by atoms with van der Waals surface area (Å²) in [6.07, 6.45) is 0. The molecule has 1 aromatic carbocycles. The van der Waals surface area contributed by atoms with Crippen molar-refractivity contribution in [3.8, 4) is 11.3 Å². The molecule has 0 radical (unpaired) electrons. The highest BCUT2D eigenvalue weighted by Crippen LogP contribution is 2.22. The van der Waals surface area contributed by atoms with Crippen LogP contribution in [-0.4, -0.2) is 17.0 Å². The summed E-state index contributed by atoms with van der Waals surface area (Å²) in [5.41, 5.74) is 1.40. The van der Waals surface area contributed by atoms with Gasteiger partial charge < -0.3 is 5.32 Å². The number of halogens is 2. The molecule has 1 N–H and O–H groups in total. The third kappa shape index (κ3) is 2.38. The molecule has 0 saturated carbocycles. The van der Waals surface area contributed by atoms with Gasteiger partial charge in [0.25, 0.3) is 0 Å². The Hall–Kier alpha value is -2.04. The maximum atomic E-state index is 13.6. The van der Waals surface area contributed by atoms with Gasteiger partial charge in [0.15, 0.2) is 0 Å². The predicted octanol–water partition coefficient (Wildman–Crippen LogP) is 2.77. The van der Waals surface area contributed by atoms with Crippen LogP contribution in [0.4, 0.5) is 14.7 Å². The van der Waals surface area contributed by atoms with Crippen molar-refractivity contribution in [3.05, 3.63) is 41.6 Å². The number of hydrogen-bond donors (Lipinski definition) is 1. The highest BCUT2D eigenvalue weighted by molar-refractivity contribution is 5.61. The molecule has 0 aliphatic heterocycles. The number of nitrogens with zero attached hydrogens (tertiary/aromatic N) is 2. The van der Waals surface area contributed by atoms with Gasteiger partial charge in [-0.05, 0) is 25.1 Å². The first-order valence-electron chi connectivity index (χ1n) is 5.09. The predicted molar refractivity (Wildman–Crippen MR) is 61.7 cm³/mol. The minimum absolute atomic E-state index is 0.258. The summed E-state index contributed by atoms with van der Waals surface area (Å²) in [7, 11) is 1.68. The first-order valence-corrected chi connectivity index (χ1v) is 5.09. The first-order chi connectivity index (χ1) is 8.10. The molecule has 0 amide bonds. The number of rotatable bonds is 2. The van der Waals surface area contributed by atoms with Crippen molar-refractivity contribution in [1.82, 2.24) is 9.97 Å². The molecule has 1 aromatic heterocycles. The molecule has 0 saturated heterocycles. The number of aromatic nitrogens is 2. The standard InChI is InChI=1S/C12H11F2N3/c1-7-5-11(17-12(15-2)16-7)9-4-3-8(13)6-10(9)14/h3-6H,1-2H3,(H,15,16,17). The summed E-state index contributed by atoms with van der Waals surface area (Å²) < 4.78 is 26.4. The van der Waals surface area contributed by atoms with Gasteiger partial charge in [0.2, 0.25) is 5.95 Å². The monoisotopic (exact) mass is 235 g/mol. The van der Waals surface area contributed by atoms with Crippen LogP contribution in [-0.2, 0) is 0 Å². The van der Waals surface area contributed by atoms with E-state index in [4.69, 9.17) is 0 Å². The van der Waals surface area contributed by atoms with Gasteiger partial charge in [-0.1, -0.05) is 0 Å². The van der Waals surface area contributed by atoms with E-state index in [2.05, 4.69) is 15.3 Å². The molecule has 0 aliphatic rings. The van der Waals surface area contributed by atoms with E-state index < -0.39 is 11.6 Å². The molecule has 0 unspecified atom stereocenters. The van der Waals surface area contributed by atoms with Crippen molar-refractivity contribution >= 4 is 5.95 Å². The fraction of sp³-hybridized carbons (Fsp3) is 0.167. The largest absolute Gasteiger partial charge is 0.357 e. The van der Waals surface area contributed by atoms with Crippen molar-refractivity contribution < 1.29 is 8.78 Å². The van der Waals surface area contributed by atoms with E-state index in [0.29, 0.717) is 17.3 Å². The highest BCUT2D eigenvalue weighted by atomic mass is 19.1. The van der Waals surface area contributed by atoms with Crippen LogP contribution < -0.4 is 5.32 Å². The van der Waals surface area contributed by atoms with E-state index in [1.54, 1.807) is 20.0 Å². The maximum Gasteiger partial charge on any atom is 0.223 e. The van der Waals surface area contributed by atoms with Crippen LogP contribution in [0.15, 0.2) is 24.3 Å². The van der Waals surface area contributed by atoms with Crippen molar-refractivity contribution in [3.63, 3.8) is 0 Å². The van der Waals surface area contributed by atoms with E-state index in [1.807, 2.05) is 0 Å². The zero-order valence-corrected chi connectivity index (χ0v) is 9.46. The van der Waals surface area contributed by atoms with E-state index in [0.717, 1.165) is 6.07 Å². The van der Waals surface area contributed by atoms with E-state index in [1.165, 1.54) is 12.1 Å². The van der Waals surface area contributed by atoms with Crippen LogP contribution in [0.1, 0.15) is 5.69 Å². The second-order valence-electron chi connectivity index (χ2n) is 3.59. The van der Waals surface area contributed by atoms with Crippen LogP contribution >= 0.6 is 0 Å². The topological polar surface area (TPSA) is 37.8 Å². The van der Waals surface area contributed by atoms with Gasteiger partial charge in [0.05, 0.1) is 5.69 Å².